The van der Waals surface area contributed by atoms with E-state index < -0.39 is 0 Å². The van der Waals surface area contributed by atoms with Gasteiger partial charge in [0.2, 0.25) is 0 Å². The quantitative estimate of drug-likeness (QED) is 0.463. The van der Waals surface area contributed by atoms with Crippen molar-refractivity contribution in [1.29, 1.82) is 0 Å². The van der Waals surface area contributed by atoms with Crippen LogP contribution in [0.25, 0.3) is 0 Å². The highest BCUT2D eigenvalue weighted by atomic mass is 16.5. The van der Waals surface area contributed by atoms with Gasteiger partial charge in [-0.1, -0.05) is 0 Å². The number of rotatable bonds is 4. The van der Waals surface area contributed by atoms with Gasteiger partial charge in [0.05, 0.1) is 19.4 Å². The minimum absolute atomic E-state index is 0.509. The lowest BCUT2D eigenvalue weighted by Gasteiger charge is -2.09. The van der Waals surface area contributed by atoms with E-state index in [1.165, 1.54) is 0 Å². The lowest BCUT2D eigenvalue weighted by molar-refractivity contribution is 0.181. The van der Waals surface area contributed by atoms with E-state index in [1.54, 1.807) is 14.2 Å². The van der Waals surface area contributed by atoms with Gasteiger partial charge in [-0.05, 0) is 30.7 Å². The number of nitrogens with zero attached hydrogens (tertiary/aromatic N) is 1. The van der Waals surface area contributed by atoms with E-state index >= 15 is 0 Å². The molecule has 0 saturated heterocycles. The van der Waals surface area contributed by atoms with Gasteiger partial charge >= 0.3 is 0 Å². The number of hydrogen-bond donors (Lipinski definition) is 1. The van der Waals surface area contributed by atoms with Crippen molar-refractivity contribution in [2.45, 2.75) is 13.5 Å². The van der Waals surface area contributed by atoms with Crippen molar-refractivity contribution in [3.8, 4) is 5.75 Å². The summed E-state index contributed by atoms with van der Waals surface area (Å²) in [4.78, 5) is 0. The molecule has 0 atom stereocenters. The van der Waals surface area contributed by atoms with Crippen molar-refractivity contribution in [2.75, 3.05) is 14.2 Å². The van der Waals surface area contributed by atoms with Crippen LogP contribution in [0.4, 0.5) is 0 Å². The summed E-state index contributed by atoms with van der Waals surface area (Å²) in [5.41, 5.74) is 2.75. The van der Waals surface area contributed by atoms with Crippen LogP contribution in [0.5, 0.6) is 5.75 Å². The number of methoxy groups -OCH3 is 2. The maximum absolute atomic E-state index is 5.22. The summed E-state index contributed by atoms with van der Waals surface area (Å²) in [6.07, 6.45) is 0. The molecule has 0 aliphatic rings. The molecule has 1 rings (SSSR count). The van der Waals surface area contributed by atoms with Crippen LogP contribution in [0.2, 0.25) is 0 Å². The molecule has 0 aliphatic heterocycles. The first-order chi connectivity index (χ1) is 7.22. The van der Waals surface area contributed by atoms with E-state index in [9.17, 15) is 0 Å². The summed E-state index contributed by atoms with van der Waals surface area (Å²) in [6.45, 7) is 2.37. The Kier molecular flexibility index (Phi) is 4.12. The van der Waals surface area contributed by atoms with Gasteiger partial charge in [-0.3, -0.25) is 0 Å². The second-order valence-electron chi connectivity index (χ2n) is 3.17. The molecule has 15 heavy (non-hydrogen) atoms. The highest BCUT2D eigenvalue weighted by molar-refractivity contribution is 5.98. The molecule has 0 aliphatic carbocycles. The minimum Gasteiger partial charge on any atom is -0.496 e. The number of hydrogen-bond acceptors (Lipinski definition) is 4. The molecule has 0 unspecified atom stereocenters. The van der Waals surface area contributed by atoms with Crippen LogP contribution in [0.1, 0.15) is 18.1 Å². The van der Waals surface area contributed by atoms with E-state index in [0.29, 0.717) is 6.61 Å². The van der Waals surface area contributed by atoms with Gasteiger partial charge in [0.1, 0.15) is 5.75 Å². The van der Waals surface area contributed by atoms with Crippen LogP contribution in [-0.4, -0.2) is 19.9 Å². The van der Waals surface area contributed by atoms with Gasteiger partial charge in [0, 0.05) is 12.7 Å². The molecule has 0 bridgehead atoms. The molecule has 0 spiro atoms. The van der Waals surface area contributed by atoms with Crippen LogP contribution in [0, 0.1) is 0 Å². The number of benzene rings is 1. The first-order valence-corrected chi connectivity index (χ1v) is 4.63. The fraction of sp³-hybridized carbons (Fsp3) is 0.364. The lowest BCUT2D eigenvalue weighted by atomic mass is 10.1. The molecule has 1 aromatic rings. The molecule has 0 aromatic heterocycles. The van der Waals surface area contributed by atoms with Crippen LogP contribution in [0.3, 0.4) is 0 Å². The Morgan fingerprint density at radius 3 is 2.67 bits per heavy atom. The third-order valence-electron chi connectivity index (χ3n) is 2.19. The monoisotopic (exact) mass is 208 g/mol. The van der Waals surface area contributed by atoms with Crippen LogP contribution in [0.15, 0.2) is 23.3 Å². The summed E-state index contributed by atoms with van der Waals surface area (Å²) in [6, 6.07) is 5.77. The summed E-state index contributed by atoms with van der Waals surface area (Å²) in [5.74, 6) is 6.03. The average Bonchev–Trinajstić information content (AvgIpc) is 2.28. The van der Waals surface area contributed by atoms with Crippen molar-refractivity contribution >= 4 is 5.71 Å². The smallest absolute Gasteiger partial charge is 0.124 e. The number of nitrogens with two attached hydrogens (primary N) is 1. The number of ether oxygens (including phenoxy) is 2. The second-order valence-corrected chi connectivity index (χ2v) is 3.17. The van der Waals surface area contributed by atoms with E-state index in [4.69, 9.17) is 15.3 Å². The molecule has 0 radical (unpaired) electrons. The Morgan fingerprint density at radius 1 is 1.40 bits per heavy atom. The summed E-state index contributed by atoms with van der Waals surface area (Å²) in [5, 5.41) is 3.65. The van der Waals surface area contributed by atoms with Crippen molar-refractivity contribution in [2.24, 2.45) is 10.9 Å². The number of hydrazone groups is 1. The van der Waals surface area contributed by atoms with Gasteiger partial charge in [-0.2, -0.15) is 5.10 Å². The Hall–Kier alpha value is -1.55. The Bertz CT molecular complexity index is 362. The van der Waals surface area contributed by atoms with E-state index in [-0.39, 0.29) is 0 Å². The maximum Gasteiger partial charge on any atom is 0.124 e. The summed E-state index contributed by atoms with van der Waals surface area (Å²) < 4.78 is 10.3. The van der Waals surface area contributed by atoms with Gasteiger partial charge in [-0.25, -0.2) is 0 Å². The van der Waals surface area contributed by atoms with Crippen molar-refractivity contribution in [3.05, 3.63) is 29.3 Å². The molecular formula is C11H16N2O2. The van der Waals surface area contributed by atoms with E-state index in [2.05, 4.69) is 5.10 Å². The average molecular weight is 208 g/mol. The molecule has 82 valence electrons. The van der Waals surface area contributed by atoms with Crippen LogP contribution in [-0.2, 0) is 11.3 Å². The lowest BCUT2D eigenvalue weighted by Crippen LogP contribution is -2.01. The Balaban J connectivity index is 3.09. The fourth-order valence-corrected chi connectivity index (χ4v) is 1.35. The molecule has 0 amide bonds. The highest BCUT2D eigenvalue weighted by Gasteiger charge is 2.05. The van der Waals surface area contributed by atoms with Gasteiger partial charge in [-0.15, -0.1) is 0 Å². The SMILES string of the molecule is COCc1cc(/C(C)=N\N)ccc1OC. The summed E-state index contributed by atoms with van der Waals surface area (Å²) >= 11 is 0. The first kappa shape index (κ1) is 11.5. The third kappa shape index (κ3) is 2.70. The predicted molar refractivity (Wildman–Crippen MR) is 60.1 cm³/mol. The Morgan fingerprint density at radius 2 is 2.13 bits per heavy atom. The van der Waals surface area contributed by atoms with Gasteiger partial charge in [0.25, 0.3) is 0 Å². The van der Waals surface area contributed by atoms with E-state index in [1.807, 2.05) is 25.1 Å². The standard InChI is InChI=1S/C11H16N2O2/c1-8(13-12)9-4-5-11(15-3)10(6-9)7-14-2/h4-6H,7,12H2,1-3H3/b13-8-. The topological polar surface area (TPSA) is 56.8 Å². The molecule has 0 heterocycles. The fourth-order valence-electron chi connectivity index (χ4n) is 1.35. The molecule has 2 N–H and O–H groups in total. The largest absolute Gasteiger partial charge is 0.496 e. The zero-order valence-electron chi connectivity index (χ0n) is 9.28. The molecule has 0 fully saturated rings. The predicted octanol–water partition coefficient (Wildman–Crippen LogP) is 1.52. The Labute approximate surface area is 89.7 Å². The second kappa shape index (κ2) is 5.36. The van der Waals surface area contributed by atoms with Crippen molar-refractivity contribution < 1.29 is 9.47 Å². The zero-order chi connectivity index (χ0) is 11.3. The zero-order valence-corrected chi connectivity index (χ0v) is 9.28. The van der Waals surface area contributed by atoms with Gasteiger partial charge < -0.3 is 15.3 Å². The summed E-state index contributed by atoms with van der Waals surface area (Å²) in [7, 11) is 3.29. The van der Waals surface area contributed by atoms with E-state index in [0.717, 1.165) is 22.6 Å². The van der Waals surface area contributed by atoms with Crippen molar-refractivity contribution in [1.82, 2.24) is 0 Å². The molecule has 4 heteroatoms. The minimum atomic E-state index is 0.509. The van der Waals surface area contributed by atoms with Crippen LogP contribution >= 0.6 is 0 Å². The normalized spacial score (nSPS) is 11.5. The molecule has 1 aromatic carbocycles. The van der Waals surface area contributed by atoms with Gasteiger partial charge in [0.15, 0.2) is 0 Å². The van der Waals surface area contributed by atoms with Crippen LogP contribution < -0.4 is 10.6 Å². The third-order valence-corrected chi connectivity index (χ3v) is 2.19. The highest BCUT2D eigenvalue weighted by Crippen LogP contribution is 2.20. The van der Waals surface area contributed by atoms with Crippen molar-refractivity contribution in [3.63, 3.8) is 0 Å². The molecule has 4 nitrogen and oxygen atoms in total. The first-order valence-electron chi connectivity index (χ1n) is 4.63. The molecule has 0 saturated carbocycles. The molecular weight excluding hydrogens is 192 g/mol. The maximum atomic E-state index is 5.22.